The van der Waals surface area contributed by atoms with Gasteiger partial charge in [0, 0.05) is 20.1 Å². The highest BCUT2D eigenvalue weighted by Gasteiger charge is 2.04. The number of rotatable bonds is 6. The number of hydrogen-bond donors (Lipinski definition) is 0. The normalized spacial score (nSPS) is 11.3. The van der Waals surface area contributed by atoms with E-state index in [1.165, 1.54) is 12.2 Å². The third kappa shape index (κ3) is 5.49. The van der Waals surface area contributed by atoms with Gasteiger partial charge in [-0.3, -0.25) is 9.59 Å². The minimum atomic E-state index is -0.110. The lowest BCUT2D eigenvalue weighted by atomic mass is 10.1. The Labute approximate surface area is 173 Å². The van der Waals surface area contributed by atoms with Gasteiger partial charge in [0.15, 0.2) is 11.6 Å². The summed E-state index contributed by atoms with van der Waals surface area (Å²) in [6.45, 7) is 0. The van der Waals surface area contributed by atoms with E-state index in [9.17, 15) is 9.59 Å². The predicted octanol–water partition coefficient (Wildman–Crippen LogP) is 6.60. The molecule has 0 N–H and O–H groups in total. The maximum absolute atomic E-state index is 12.1. The topological polar surface area (TPSA) is 47.3 Å². The SMILES string of the molecule is O=C(/C=C/c1ccc(/C=C/C(=O)c2ccc(Br)cc2)o1)c1ccc(Br)cc1. The molecule has 0 unspecified atom stereocenters. The van der Waals surface area contributed by atoms with Crippen molar-refractivity contribution in [3.05, 3.63) is 104 Å². The van der Waals surface area contributed by atoms with Crippen LogP contribution in [0.3, 0.4) is 0 Å². The Hall–Kier alpha value is -2.50. The van der Waals surface area contributed by atoms with Gasteiger partial charge in [-0.15, -0.1) is 0 Å². The largest absolute Gasteiger partial charge is 0.457 e. The Balaban J connectivity index is 1.64. The summed E-state index contributed by atoms with van der Waals surface area (Å²) in [6, 6.07) is 17.8. The molecule has 134 valence electrons. The van der Waals surface area contributed by atoms with Crippen LogP contribution >= 0.6 is 31.9 Å². The Morgan fingerprint density at radius 3 is 1.37 bits per heavy atom. The van der Waals surface area contributed by atoms with Crippen molar-refractivity contribution >= 4 is 55.6 Å². The van der Waals surface area contributed by atoms with Gasteiger partial charge >= 0.3 is 0 Å². The summed E-state index contributed by atoms with van der Waals surface area (Å²) >= 11 is 6.68. The molecule has 0 radical (unpaired) electrons. The number of furan rings is 1. The van der Waals surface area contributed by atoms with E-state index in [2.05, 4.69) is 31.9 Å². The van der Waals surface area contributed by atoms with Crippen LogP contribution in [0.1, 0.15) is 32.2 Å². The molecule has 5 heteroatoms. The molecule has 2 aromatic carbocycles. The highest BCUT2D eigenvalue weighted by molar-refractivity contribution is 9.10. The predicted molar refractivity (Wildman–Crippen MR) is 114 cm³/mol. The van der Waals surface area contributed by atoms with Crippen LogP contribution in [0.5, 0.6) is 0 Å². The van der Waals surface area contributed by atoms with E-state index in [0.29, 0.717) is 22.6 Å². The number of benzene rings is 2. The number of ketones is 2. The average Bonchev–Trinajstić information content (AvgIpc) is 3.13. The number of halogens is 2. The Morgan fingerprint density at radius 2 is 1.00 bits per heavy atom. The van der Waals surface area contributed by atoms with Crippen molar-refractivity contribution in [3.8, 4) is 0 Å². The summed E-state index contributed by atoms with van der Waals surface area (Å²) in [5.41, 5.74) is 1.20. The quantitative estimate of drug-likeness (QED) is 0.292. The maximum Gasteiger partial charge on any atom is 0.185 e. The van der Waals surface area contributed by atoms with E-state index >= 15 is 0 Å². The van der Waals surface area contributed by atoms with Crippen molar-refractivity contribution in [1.82, 2.24) is 0 Å². The summed E-state index contributed by atoms with van der Waals surface area (Å²) in [6.07, 6.45) is 6.14. The summed E-state index contributed by atoms with van der Waals surface area (Å²) in [5, 5.41) is 0. The van der Waals surface area contributed by atoms with Crippen molar-refractivity contribution < 1.29 is 14.0 Å². The van der Waals surface area contributed by atoms with Crippen LogP contribution < -0.4 is 0 Å². The van der Waals surface area contributed by atoms with Crippen molar-refractivity contribution in [2.45, 2.75) is 0 Å². The maximum atomic E-state index is 12.1. The highest BCUT2D eigenvalue weighted by atomic mass is 79.9. The van der Waals surface area contributed by atoms with Crippen molar-refractivity contribution in [1.29, 1.82) is 0 Å². The van der Waals surface area contributed by atoms with E-state index in [1.807, 2.05) is 24.3 Å². The smallest absolute Gasteiger partial charge is 0.185 e. The van der Waals surface area contributed by atoms with Gasteiger partial charge in [-0.1, -0.05) is 31.9 Å². The lowest BCUT2D eigenvalue weighted by molar-refractivity contribution is 0.103. The summed E-state index contributed by atoms with van der Waals surface area (Å²) in [5.74, 6) is 0.857. The lowest BCUT2D eigenvalue weighted by Gasteiger charge is -1.95. The highest BCUT2D eigenvalue weighted by Crippen LogP contribution is 2.15. The average molecular weight is 486 g/mol. The standard InChI is InChI=1S/C22H14Br2O3/c23-17-5-1-15(2-6-17)21(25)13-11-19-9-10-20(27-19)12-14-22(26)16-3-7-18(24)8-4-16/h1-14H/b13-11+,14-12+. The first kappa shape index (κ1) is 19.3. The molecule has 1 aromatic heterocycles. The van der Waals surface area contributed by atoms with Crippen LogP contribution in [0, 0.1) is 0 Å². The molecule has 0 amide bonds. The monoisotopic (exact) mass is 484 g/mol. The van der Waals surface area contributed by atoms with E-state index in [-0.39, 0.29) is 11.6 Å². The van der Waals surface area contributed by atoms with Crippen LogP contribution in [0.15, 0.2) is 86.2 Å². The first-order valence-corrected chi connectivity index (χ1v) is 9.66. The fourth-order valence-corrected chi connectivity index (χ4v) is 2.81. The molecule has 27 heavy (non-hydrogen) atoms. The molecular weight excluding hydrogens is 472 g/mol. The zero-order chi connectivity index (χ0) is 19.2. The molecule has 3 aromatic rings. The van der Waals surface area contributed by atoms with E-state index in [0.717, 1.165) is 8.95 Å². The molecule has 0 atom stereocenters. The summed E-state index contributed by atoms with van der Waals surface area (Å²) in [7, 11) is 0. The first-order valence-electron chi connectivity index (χ1n) is 8.07. The van der Waals surface area contributed by atoms with Crippen LogP contribution in [0.2, 0.25) is 0 Å². The van der Waals surface area contributed by atoms with E-state index in [1.54, 1.807) is 48.6 Å². The number of allylic oxidation sites excluding steroid dienone is 2. The molecule has 0 spiro atoms. The summed E-state index contributed by atoms with van der Waals surface area (Å²) in [4.78, 5) is 24.3. The number of hydrogen-bond acceptors (Lipinski definition) is 3. The molecule has 0 bridgehead atoms. The van der Waals surface area contributed by atoms with Crippen LogP contribution in [-0.4, -0.2) is 11.6 Å². The minimum absolute atomic E-state index is 0.110. The molecule has 0 saturated carbocycles. The van der Waals surface area contributed by atoms with E-state index in [4.69, 9.17) is 4.42 Å². The van der Waals surface area contributed by atoms with Gasteiger partial charge < -0.3 is 4.42 Å². The lowest BCUT2D eigenvalue weighted by Crippen LogP contribution is -1.93. The first-order chi connectivity index (χ1) is 13.0. The molecule has 0 aliphatic heterocycles. The number of carbonyl (C=O) groups excluding carboxylic acids is 2. The minimum Gasteiger partial charge on any atom is -0.457 e. The van der Waals surface area contributed by atoms with Gasteiger partial charge in [0.25, 0.3) is 0 Å². The zero-order valence-corrected chi connectivity index (χ0v) is 17.2. The third-order valence-electron chi connectivity index (χ3n) is 3.70. The van der Waals surface area contributed by atoms with Gasteiger partial charge in [0.05, 0.1) is 0 Å². The van der Waals surface area contributed by atoms with Gasteiger partial charge in [-0.25, -0.2) is 0 Å². The van der Waals surface area contributed by atoms with Crippen molar-refractivity contribution in [3.63, 3.8) is 0 Å². The zero-order valence-electron chi connectivity index (χ0n) is 14.1. The third-order valence-corrected chi connectivity index (χ3v) is 4.76. The van der Waals surface area contributed by atoms with Gasteiger partial charge in [-0.05, 0) is 85.0 Å². The molecule has 3 rings (SSSR count). The fourth-order valence-electron chi connectivity index (χ4n) is 2.28. The van der Waals surface area contributed by atoms with Crippen molar-refractivity contribution in [2.24, 2.45) is 0 Å². The molecule has 0 aliphatic rings. The second-order valence-electron chi connectivity index (χ2n) is 5.65. The molecule has 0 saturated heterocycles. The van der Waals surface area contributed by atoms with Gasteiger partial charge in [0.2, 0.25) is 0 Å². The van der Waals surface area contributed by atoms with Crippen molar-refractivity contribution in [2.75, 3.05) is 0 Å². The van der Waals surface area contributed by atoms with Crippen LogP contribution in [0.4, 0.5) is 0 Å². The van der Waals surface area contributed by atoms with Gasteiger partial charge in [0.1, 0.15) is 11.5 Å². The molecule has 3 nitrogen and oxygen atoms in total. The van der Waals surface area contributed by atoms with Crippen LogP contribution in [-0.2, 0) is 0 Å². The fraction of sp³-hybridized carbons (Fsp3) is 0. The molecule has 1 heterocycles. The second kappa shape index (κ2) is 8.93. The van der Waals surface area contributed by atoms with E-state index < -0.39 is 0 Å². The molecule has 0 fully saturated rings. The second-order valence-corrected chi connectivity index (χ2v) is 7.48. The Morgan fingerprint density at radius 1 is 0.630 bits per heavy atom. The Kier molecular flexibility index (Phi) is 6.37. The molecule has 0 aliphatic carbocycles. The Bertz CT molecular complexity index is 928. The molecular formula is C22H14Br2O3. The summed E-state index contributed by atoms with van der Waals surface area (Å²) < 4.78 is 7.44. The van der Waals surface area contributed by atoms with Crippen LogP contribution in [0.25, 0.3) is 12.2 Å². The number of carbonyl (C=O) groups is 2. The van der Waals surface area contributed by atoms with Gasteiger partial charge in [-0.2, -0.15) is 0 Å².